The summed E-state index contributed by atoms with van der Waals surface area (Å²) in [6.45, 7) is 3.45. The molecule has 0 bridgehead atoms. The van der Waals surface area contributed by atoms with Gasteiger partial charge in [-0.3, -0.25) is 14.9 Å². The number of nitrogens with zero attached hydrogens (tertiary/aromatic N) is 3. The number of rotatable bonds is 10. The second-order valence-electron chi connectivity index (χ2n) is 16.8. The molecule has 2 aliphatic rings. The van der Waals surface area contributed by atoms with Gasteiger partial charge in [0.15, 0.2) is 0 Å². The van der Waals surface area contributed by atoms with Crippen molar-refractivity contribution in [2.45, 2.75) is 36.4 Å². The van der Waals surface area contributed by atoms with Crippen molar-refractivity contribution >= 4 is 12.2 Å². The van der Waals surface area contributed by atoms with Crippen molar-refractivity contribution in [1.29, 1.82) is 0 Å². The molecule has 3 heterocycles. The number of aliphatic hydroxyl groups is 1. The predicted octanol–water partition coefficient (Wildman–Crippen LogP) is 12.0. The van der Waals surface area contributed by atoms with Crippen molar-refractivity contribution in [3.05, 3.63) is 280 Å². The second kappa shape index (κ2) is 20.1. The lowest BCUT2D eigenvalue weighted by molar-refractivity contribution is 0.0872. The Morgan fingerprint density at radius 2 is 0.859 bits per heavy atom. The zero-order valence-electron chi connectivity index (χ0n) is 36.3. The molecule has 1 atom stereocenters. The Hall–Kier alpha value is -6.89. The van der Waals surface area contributed by atoms with Crippen molar-refractivity contribution in [3.8, 4) is 0 Å². The molecular formula is C59H56N4O. The maximum Gasteiger partial charge on any atom is 0.0975 e. The van der Waals surface area contributed by atoms with E-state index in [1.54, 1.807) is 6.20 Å². The molecule has 318 valence electrons. The molecule has 2 N–H and O–H groups in total. The largest absolute Gasteiger partial charge is 0.389 e. The van der Waals surface area contributed by atoms with Gasteiger partial charge in [-0.25, -0.2) is 0 Å². The van der Waals surface area contributed by atoms with Crippen LogP contribution in [0.5, 0.6) is 0 Å². The molecule has 0 aliphatic carbocycles. The molecule has 5 heteroatoms. The maximum atomic E-state index is 10.8. The van der Waals surface area contributed by atoms with E-state index in [0.717, 1.165) is 43.6 Å². The number of H-pyrrole nitrogens is 1. The monoisotopic (exact) mass is 836 g/mol. The van der Waals surface area contributed by atoms with Crippen LogP contribution in [0, 0.1) is 0 Å². The number of nitrogens with one attached hydrogen (secondary N) is 1. The number of aliphatic hydroxyl groups excluding tert-OH is 1. The van der Waals surface area contributed by atoms with Gasteiger partial charge in [0, 0.05) is 37.9 Å². The van der Waals surface area contributed by atoms with Crippen molar-refractivity contribution < 1.29 is 5.11 Å². The Morgan fingerprint density at radius 1 is 0.469 bits per heavy atom. The van der Waals surface area contributed by atoms with Gasteiger partial charge in [0.2, 0.25) is 0 Å². The molecule has 5 nitrogen and oxygen atoms in total. The Labute approximate surface area is 378 Å². The van der Waals surface area contributed by atoms with Crippen LogP contribution in [-0.2, 0) is 11.1 Å². The first kappa shape index (κ1) is 42.4. The van der Waals surface area contributed by atoms with Crippen LogP contribution in [0.4, 0.5) is 0 Å². The molecule has 1 aromatic heterocycles. The van der Waals surface area contributed by atoms with Gasteiger partial charge in [0.25, 0.3) is 0 Å². The van der Waals surface area contributed by atoms with Crippen LogP contribution in [0.2, 0.25) is 0 Å². The lowest BCUT2D eigenvalue weighted by Crippen LogP contribution is -2.52. The molecule has 0 spiro atoms. The minimum atomic E-state index is -0.473. The summed E-state index contributed by atoms with van der Waals surface area (Å²) >= 11 is 0. The fourth-order valence-electron chi connectivity index (χ4n) is 10.1. The fraction of sp³-hybridized carbons (Fsp3) is 0.169. The summed E-state index contributed by atoms with van der Waals surface area (Å²) in [6, 6.07) is 75.9. The third-order valence-electron chi connectivity index (χ3n) is 12.9. The number of benzene rings is 7. The standard InChI is InChI=1S/C31H29N.C28H27N3O/c1-5-14-26(15-6-1)24-27-16-13-23-32(25-27)31(28-17-7-2-8-18-28,29-19-9-3-10-20-29)30-21-11-4-12-22-30;32-27-16-17-31(21-23(27)18-22-19-29-30-20-22)28(24-10-4-1-5-11-24,25-12-6-2-7-13-25)26-14-8-3-9-15-26/h1-12,14-15,17-22,24H,13,16,23,25H2;1-15,18-20,27,32H,16-17,21H2,(H,29,30)/b27-24+;23-18+. The topological polar surface area (TPSA) is 55.4 Å². The molecule has 64 heavy (non-hydrogen) atoms. The smallest absolute Gasteiger partial charge is 0.0975 e. The highest BCUT2D eigenvalue weighted by Gasteiger charge is 2.45. The molecule has 2 saturated heterocycles. The summed E-state index contributed by atoms with van der Waals surface area (Å²) in [4.78, 5) is 5.19. The summed E-state index contributed by atoms with van der Waals surface area (Å²) in [5, 5.41) is 17.8. The summed E-state index contributed by atoms with van der Waals surface area (Å²) < 4.78 is 0. The average molecular weight is 837 g/mol. The first-order chi connectivity index (χ1) is 31.7. The Morgan fingerprint density at radius 3 is 1.25 bits per heavy atom. The fourth-order valence-corrected chi connectivity index (χ4v) is 10.1. The number of aromatic nitrogens is 2. The highest BCUT2D eigenvalue weighted by molar-refractivity contribution is 5.57. The maximum absolute atomic E-state index is 10.8. The van der Waals surface area contributed by atoms with Gasteiger partial charge in [-0.1, -0.05) is 224 Å². The molecule has 1 unspecified atom stereocenters. The van der Waals surface area contributed by atoms with E-state index in [4.69, 9.17) is 0 Å². The van der Waals surface area contributed by atoms with Crippen LogP contribution >= 0.6 is 0 Å². The summed E-state index contributed by atoms with van der Waals surface area (Å²) in [5.74, 6) is 0. The predicted molar refractivity (Wildman–Crippen MR) is 262 cm³/mol. The molecule has 2 aliphatic heterocycles. The second-order valence-corrected chi connectivity index (χ2v) is 16.8. The summed E-state index contributed by atoms with van der Waals surface area (Å²) in [5.41, 5.74) is 11.6. The molecule has 8 aromatic rings. The van der Waals surface area contributed by atoms with E-state index in [0.29, 0.717) is 13.0 Å². The third kappa shape index (κ3) is 8.84. The number of likely N-dealkylation sites (tertiary alicyclic amines) is 2. The molecule has 0 radical (unpaired) electrons. The van der Waals surface area contributed by atoms with Gasteiger partial charge in [0.1, 0.15) is 0 Å². The molecule has 0 saturated carbocycles. The van der Waals surface area contributed by atoms with Crippen LogP contribution in [-0.4, -0.2) is 57.4 Å². The van der Waals surface area contributed by atoms with Crippen molar-refractivity contribution in [2.24, 2.45) is 0 Å². The highest BCUT2D eigenvalue weighted by Crippen LogP contribution is 2.46. The van der Waals surface area contributed by atoms with E-state index in [1.807, 2.05) is 6.20 Å². The quantitative estimate of drug-likeness (QED) is 0.135. The van der Waals surface area contributed by atoms with Crippen molar-refractivity contribution in [1.82, 2.24) is 20.0 Å². The van der Waals surface area contributed by atoms with E-state index in [-0.39, 0.29) is 5.54 Å². The van der Waals surface area contributed by atoms with E-state index in [9.17, 15) is 5.11 Å². The van der Waals surface area contributed by atoms with Crippen molar-refractivity contribution in [2.75, 3.05) is 26.2 Å². The van der Waals surface area contributed by atoms with Crippen LogP contribution in [0.15, 0.2) is 236 Å². The summed E-state index contributed by atoms with van der Waals surface area (Å²) in [6.07, 6.45) is 10.6. The minimum Gasteiger partial charge on any atom is -0.389 e. The van der Waals surface area contributed by atoms with Gasteiger partial charge in [0.05, 0.1) is 23.4 Å². The Kier molecular flexibility index (Phi) is 13.3. The van der Waals surface area contributed by atoms with Crippen LogP contribution in [0.3, 0.4) is 0 Å². The van der Waals surface area contributed by atoms with Crippen LogP contribution < -0.4 is 0 Å². The van der Waals surface area contributed by atoms with Gasteiger partial charge in [-0.05, 0) is 69.9 Å². The van der Waals surface area contributed by atoms with Gasteiger partial charge >= 0.3 is 0 Å². The number of hydrogen-bond donors (Lipinski definition) is 2. The van der Waals surface area contributed by atoms with Gasteiger partial charge in [-0.15, -0.1) is 0 Å². The molecule has 0 amide bonds. The van der Waals surface area contributed by atoms with E-state index in [2.05, 4.69) is 244 Å². The highest BCUT2D eigenvalue weighted by atomic mass is 16.3. The SMILES string of the molecule is C(=C1/CCCN(C(c2ccccc2)(c2ccccc2)c2ccccc2)C1)/c1ccccc1.OC1CCN(C(c2ccccc2)(c2ccccc2)c2ccccc2)C/C1=C\c1cn[nH]c1. The molecule has 7 aromatic carbocycles. The van der Waals surface area contributed by atoms with E-state index >= 15 is 0 Å². The van der Waals surface area contributed by atoms with Crippen LogP contribution in [0.25, 0.3) is 12.2 Å². The Bertz CT molecular complexity index is 2490. The minimum absolute atomic E-state index is 0.333. The zero-order valence-corrected chi connectivity index (χ0v) is 36.3. The number of hydrogen-bond acceptors (Lipinski definition) is 4. The molecular weight excluding hydrogens is 781 g/mol. The number of aromatic amines is 1. The van der Waals surface area contributed by atoms with E-state index < -0.39 is 11.6 Å². The first-order valence-corrected chi connectivity index (χ1v) is 22.6. The van der Waals surface area contributed by atoms with Crippen molar-refractivity contribution in [3.63, 3.8) is 0 Å². The van der Waals surface area contributed by atoms with Crippen LogP contribution in [0.1, 0.15) is 63.8 Å². The van der Waals surface area contributed by atoms with E-state index in [1.165, 1.54) is 44.5 Å². The Balaban J connectivity index is 0.000000162. The summed E-state index contributed by atoms with van der Waals surface area (Å²) in [7, 11) is 0. The molecule has 10 rings (SSSR count). The lowest BCUT2D eigenvalue weighted by atomic mass is 9.74. The zero-order chi connectivity index (χ0) is 43.4. The van der Waals surface area contributed by atoms with Gasteiger partial charge < -0.3 is 5.11 Å². The van der Waals surface area contributed by atoms with Gasteiger partial charge in [-0.2, -0.15) is 5.10 Å². The average Bonchev–Trinajstić information content (AvgIpc) is 3.89. The normalized spacial score (nSPS) is 17.4. The third-order valence-corrected chi connectivity index (χ3v) is 12.9. The number of piperidine rings is 2. The first-order valence-electron chi connectivity index (χ1n) is 22.6. The lowest BCUT2D eigenvalue weighted by Gasteiger charge is -2.48. The molecule has 2 fully saturated rings.